The molecule has 2 aromatic rings. The first kappa shape index (κ1) is 16.6. The first-order chi connectivity index (χ1) is 11.4. The average Bonchev–Trinajstić information content (AvgIpc) is 3.17. The topological polar surface area (TPSA) is 111 Å². The SMILES string of the molecule is Cc1ccc(S(=O)(=O)CC(=O)Nc2nnc(C3CCCO3)o2)cc1. The molecule has 1 unspecified atom stereocenters. The third-order valence-corrected chi connectivity index (χ3v) is 5.23. The van der Waals surface area contributed by atoms with Gasteiger partial charge in [-0.3, -0.25) is 10.1 Å². The van der Waals surface area contributed by atoms with Crippen molar-refractivity contribution < 1.29 is 22.4 Å². The van der Waals surface area contributed by atoms with Crippen LogP contribution in [0.25, 0.3) is 0 Å². The van der Waals surface area contributed by atoms with Gasteiger partial charge in [-0.1, -0.05) is 22.8 Å². The van der Waals surface area contributed by atoms with E-state index in [1.165, 1.54) is 12.1 Å². The van der Waals surface area contributed by atoms with Gasteiger partial charge in [0.2, 0.25) is 11.8 Å². The number of nitrogens with zero attached hydrogens (tertiary/aromatic N) is 2. The summed E-state index contributed by atoms with van der Waals surface area (Å²) in [4.78, 5) is 12.0. The van der Waals surface area contributed by atoms with Gasteiger partial charge in [-0.15, -0.1) is 5.10 Å². The summed E-state index contributed by atoms with van der Waals surface area (Å²) in [6, 6.07) is 6.16. The van der Waals surface area contributed by atoms with Crippen molar-refractivity contribution in [1.82, 2.24) is 10.2 Å². The number of benzene rings is 1. The summed E-state index contributed by atoms with van der Waals surface area (Å²) in [5.74, 6) is -1.16. The zero-order valence-electron chi connectivity index (χ0n) is 13.1. The Morgan fingerprint density at radius 1 is 1.29 bits per heavy atom. The highest BCUT2D eigenvalue weighted by molar-refractivity contribution is 7.92. The molecule has 24 heavy (non-hydrogen) atoms. The number of carbonyl (C=O) groups excluding carboxylic acids is 1. The van der Waals surface area contributed by atoms with Crippen molar-refractivity contribution in [3.8, 4) is 0 Å². The second-order valence-electron chi connectivity index (χ2n) is 5.57. The van der Waals surface area contributed by atoms with Crippen LogP contribution in [0.1, 0.15) is 30.4 Å². The van der Waals surface area contributed by atoms with E-state index in [2.05, 4.69) is 15.5 Å². The van der Waals surface area contributed by atoms with E-state index >= 15 is 0 Å². The Bertz CT molecular complexity index is 823. The number of ether oxygens (including phenoxy) is 1. The third kappa shape index (κ3) is 3.80. The first-order valence-electron chi connectivity index (χ1n) is 7.48. The molecule has 0 radical (unpaired) electrons. The number of rotatable bonds is 5. The second kappa shape index (κ2) is 6.70. The Balaban J connectivity index is 1.63. The Morgan fingerprint density at radius 2 is 2.04 bits per heavy atom. The number of hydrogen-bond acceptors (Lipinski definition) is 7. The van der Waals surface area contributed by atoms with Gasteiger partial charge in [0.15, 0.2) is 9.84 Å². The number of hydrogen-bond donors (Lipinski definition) is 1. The summed E-state index contributed by atoms with van der Waals surface area (Å²) in [5, 5.41) is 9.81. The lowest BCUT2D eigenvalue weighted by Crippen LogP contribution is -2.23. The zero-order chi connectivity index (χ0) is 17.2. The molecule has 2 heterocycles. The lowest BCUT2D eigenvalue weighted by molar-refractivity contribution is -0.114. The monoisotopic (exact) mass is 351 g/mol. The molecule has 1 amide bonds. The van der Waals surface area contributed by atoms with Gasteiger partial charge in [0.05, 0.1) is 4.90 Å². The van der Waals surface area contributed by atoms with Crippen molar-refractivity contribution in [2.75, 3.05) is 17.7 Å². The molecule has 1 atom stereocenters. The van der Waals surface area contributed by atoms with Crippen LogP contribution in [0.3, 0.4) is 0 Å². The fraction of sp³-hybridized carbons (Fsp3) is 0.400. The Labute approximate surface area is 139 Å². The highest BCUT2D eigenvalue weighted by atomic mass is 32.2. The van der Waals surface area contributed by atoms with Gasteiger partial charge >= 0.3 is 6.01 Å². The minimum absolute atomic E-state index is 0.0915. The van der Waals surface area contributed by atoms with Crippen LogP contribution in [0, 0.1) is 6.92 Å². The molecule has 1 aliphatic rings. The molecular weight excluding hydrogens is 334 g/mol. The van der Waals surface area contributed by atoms with Crippen LogP contribution in [0.4, 0.5) is 6.01 Å². The fourth-order valence-electron chi connectivity index (χ4n) is 2.34. The van der Waals surface area contributed by atoms with Crippen LogP contribution in [-0.2, 0) is 19.4 Å². The molecule has 1 N–H and O–H groups in total. The molecule has 0 bridgehead atoms. The maximum absolute atomic E-state index is 12.2. The first-order valence-corrected chi connectivity index (χ1v) is 9.13. The van der Waals surface area contributed by atoms with E-state index in [4.69, 9.17) is 9.15 Å². The van der Waals surface area contributed by atoms with E-state index in [1.807, 2.05) is 6.92 Å². The lowest BCUT2D eigenvalue weighted by atomic mass is 10.2. The van der Waals surface area contributed by atoms with Gasteiger partial charge in [0.1, 0.15) is 11.9 Å². The smallest absolute Gasteiger partial charge is 0.322 e. The predicted molar refractivity (Wildman–Crippen MR) is 84.1 cm³/mol. The molecule has 9 heteroatoms. The second-order valence-corrected chi connectivity index (χ2v) is 7.56. The van der Waals surface area contributed by atoms with Gasteiger partial charge in [-0.25, -0.2) is 8.42 Å². The standard InChI is InChI=1S/C15H17N3O5S/c1-10-4-6-11(7-5-10)24(20,21)9-13(19)16-15-18-17-14(23-15)12-3-2-8-22-12/h4-7,12H,2-3,8-9H2,1H3,(H,16,18,19). The van der Waals surface area contributed by atoms with E-state index in [9.17, 15) is 13.2 Å². The molecule has 0 aliphatic carbocycles. The number of aromatic nitrogens is 2. The lowest BCUT2D eigenvalue weighted by Gasteiger charge is -2.04. The molecule has 1 aromatic heterocycles. The Hall–Kier alpha value is -2.26. The summed E-state index contributed by atoms with van der Waals surface area (Å²) in [6.45, 7) is 2.48. The normalized spacial score (nSPS) is 17.8. The van der Waals surface area contributed by atoms with Crippen LogP contribution in [-0.4, -0.2) is 36.9 Å². The summed E-state index contributed by atoms with van der Waals surface area (Å²) >= 11 is 0. The van der Waals surface area contributed by atoms with Gasteiger partial charge in [0.25, 0.3) is 0 Å². The van der Waals surface area contributed by atoms with Crippen LogP contribution in [0.15, 0.2) is 33.6 Å². The predicted octanol–water partition coefficient (Wildman–Crippen LogP) is 1.64. The molecule has 3 rings (SSSR count). The fourth-order valence-corrected chi connectivity index (χ4v) is 3.48. The average molecular weight is 351 g/mol. The largest absolute Gasteiger partial charge is 0.405 e. The molecule has 1 aliphatic heterocycles. The number of aryl methyl sites for hydroxylation is 1. The van der Waals surface area contributed by atoms with Crippen molar-refractivity contribution in [1.29, 1.82) is 0 Å². The highest BCUT2D eigenvalue weighted by Gasteiger charge is 2.25. The summed E-state index contributed by atoms with van der Waals surface area (Å²) in [5.41, 5.74) is 0.936. The molecule has 0 spiro atoms. The number of sulfone groups is 1. The van der Waals surface area contributed by atoms with Crippen molar-refractivity contribution >= 4 is 21.8 Å². The number of amides is 1. The minimum Gasteiger partial charge on any atom is -0.405 e. The summed E-state index contributed by atoms with van der Waals surface area (Å²) < 4.78 is 35.1. The van der Waals surface area contributed by atoms with Crippen LogP contribution < -0.4 is 5.32 Å². The van der Waals surface area contributed by atoms with Crippen LogP contribution in [0.5, 0.6) is 0 Å². The van der Waals surface area contributed by atoms with Gasteiger partial charge in [-0.2, -0.15) is 0 Å². The van der Waals surface area contributed by atoms with E-state index in [-0.39, 0.29) is 22.9 Å². The molecule has 0 saturated carbocycles. The molecule has 1 fully saturated rings. The maximum atomic E-state index is 12.2. The zero-order valence-corrected chi connectivity index (χ0v) is 13.9. The molecular formula is C15H17N3O5S. The summed E-state index contributed by atoms with van der Waals surface area (Å²) in [6.07, 6.45) is 1.42. The van der Waals surface area contributed by atoms with Crippen molar-refractivity contribution in [2.45, 2.75) is 30.8 Å². The van der Waals surface area contributed by atoms with E-state index < -0.39 is 21.5 Å². The number of anilines is 1. The van der Waals surface area contributed by atoms with Crippen LogP contribution in [0.2, 0.25) is 0 Å². The van der Waals surface area contributed by atoms with Crippen molar-refractivity contribution in [3.63, 3.8) is 0 Å². The molecule has 8 nitrogen and oxygen atoms in total. The Kier molecular flexibility index (Phi) is 4.63. The van der Waals surface area contributed by atoms with Crippen molar-refractivity contribution in [2.24, 2.45) is 0 Å². The number of nitrogens with one attached hydrogen (secondary N) is 1. The quantitative estimate of drug-likeness (QED) is 0.871. The van der Waals surface area contributed by atoms with E-state index in [1.54, 1.807) is 12.1 Å². The maximum Gasteiger partial charge on any atom is 0.322 e. The van der Waals surface area contributed by atoms with Gasteiger partial charge < -0.3 is 9.15 Å². The number of carbonyl (C=O) groups is 1. The third-order valence-electron chi connectivity index (χ3n) is 3.59. The summed E-state index contributed by atoms with van der Waals surface area (Å²) in [7, 11) is -3.73. The highest BCUT2D eigenvalue weighted by Crippen LogP contribution is 2.28. The van der Waals surface area contributed by atoms with E-state index in [0.29, 0.717) is 6.61 Å². The van der Waals surface area contributed by atoms with Crippen LogP contribution >= 0.6 is 0 Å². The Morgan fingerprint density at radius 3 is 2.71 bits per heavy atom. The van der Waals surface area contributed by atoms with Gasteiger partial charge in [-0.05, 0) is 31.9 Å². The van der Waals surface area contributed by atoms with Crippen molar-refractivity contribution in [3.05, 3.63) is 35.7 Å². The van der Waals surface area contributed by atoms with Gasteiger partial charge in [0, 0.05) is 6.61 Å². The molecule has 1 aromatic carbocycles. The molecule has 128 valence electrons. The molecule has 1 saturated heterocycles. The minimum atomic E-state index is -3.73. The van der Waals surface area contributed by atoms with E-state index in [0.717, 1.165) is 18.4 Å².